The Morgan fingerprint density at radius 3 is 2.29 bits per heavy atom. The SMILES string of the molecule is Cc1ccc(NC(=O)C2CC2C(=O)Nc2ccccc2F)cc1C. The first-order chi connectivity index (χ1) is 11.5. The Bertz CT molecular complexity index is 804. The summed E-state index contributed by atoms with van der Waals surface area (Å²) < 4.78 is 13.6. The number of para-hydroxylation sites is 1. The number of amides is 2. The Morgan fingerprint density at radius 1 is 0.958 bits per heavy atom. The third-order valence-electron chi connectivity index (χ3n) is 4.37. The van der Waals surface area contributed by atoms with E-state index in [0.29, 0.717) is 6.42 Å². The van der Waals surface area contributed by atoms with Crippen LogP contribution in [-0.4, -0.2) is 11.8 Å². The minimum absolute atomic E-state index is 0.141. The first-order valence-corrected chi connectivity index (χ1v) is 7.89. The smallest absolute Gasteiger partial charge is 0.228 e. The molecule has 2 unspecified atom stereocenters. The Morgan fingerprint density at radius 2 is 1.62 bits per heavy atom. The third-order valence-corrected chi connectivity index (χ3v) is 4.37. The van der Waals surface area contributed by atoms with Crippen LogP contribution < -0.4 is 10.6 Å². The predicted molar refractivity (Wildman–Crippen MR) is 91.2 cm³/mol. The zero-order valence-corrected chi connectivity index (χ0v) is 13.6. The highest BCUT2D eigenvalue weighted by Crippen LogP contribution is 2.40. The van der Waals surface area contributed by atoms with Crippen molar-refractivity contribution < 1.29 is 14.0 Å². The fourth-order valence-corrected chi connectivity index (χ4v) is 2.62. The van der Waals surface area contributed by atoms with E-state index in [1.807, 2.05) is 32.0 Å². The molecule has 4 nitrogen and oxygen atoms in total. The number of aryl methyl sites for hydroxylation is 2. The van der Waals surface area contributed by atoms with Gasteiger partial charge in [0.15, 0.2) is 0 Å². The van der Waals surface area contributed by atoms with Gasteiger partial charge in [-0.2, -0.15) is 0 Å². The minimum Gasteiger partial charge on any atom is -0.326 e. The summed E-state index contributed by atoms with van der Waals surface area (Å²) in [6.07, 6.45) is 0.483. The molecule has 1 aliphatic rings. The molecule has 5 heteroatoms. The van der Waals surface area contributed by atoms with Gasteiger partial charge in [-0.3, -0.25) is 9.59 Å². The molecule has 2 atom stereocenters. The van der Waals surface area contributed by atoms with E-state index in [1.165, 1.54) is 12.1 Å². The summed E-state index contributed by atoms with van der Waals surface area (Å²) in [6, 6.07) is 11.7. The number of nitrogens with one attached hydrogen (secondary N) is 2. The molecule has 1 fully saturated rings. The van der Waals surface area contributed by atoms with Crippen LogP contribution in [0.3, 0.4) is 0 Å². The average Bonchev–Trinajstić information content (AvgIpc) is 3.34. The summed E-state index contributed by atoms with van der Waals surface area (Å²) in [5.41, 5.74) is 3.12. The standard InChI is InChI=1S/C19H19FN2O2/c1-11-7-8-13(9-12(11)2)21-18(23)14-10-15(14)19(24)22-17-6-4-3-5-16(17)20/h3-9,14-15H,10H2,1-2H3,(H,21,23)(H,22,24). The topological polar surface area (TPSA) is 58.2 Å². The van der Waals surface area contributed by atoms with E-state index in [4.69, 9.17) is 0 Å². The molecule has 1 aliphatic carbocycles. The number of carbonyl (C=O) groups is 2. The maximum Gasteiger partial charge on any atom is 0.228 e. The van der Waals surface area contributed by atoms with Crippen LogP contribution >= 0.6 is 0 Å². The van der Waals surface area contributed by atoms with E-state index < -0.39 is 11.7 Å². The molecule has 0 spiro atoms. The zero-order chi connectivity index (χ0) is 17.3. The number of hydrogen-bond donors (Lipinski definition) is 2. The molecule has 0 aromatic heterocycles. The van der Waals surface area contributed by atoms with Crippen molar-refractivity contribution in [3.63, 3.8) is 0 Å². The molecule has 0 bridgehead atoms. The predicted octanol–water partition coefficient (Wildman–Crippen LogP) is 3.66. The maximum absolute atomic E-state index is 13.6. The highest BCUT2D eigenvalue weighted by molar-refractivity contribution is 6.03. The van der Waals surface area contributed by atoms with Crippen LogP contribution in [0, 0.1) is 31.5 Å². The third kappa shape index (κ3) is 3.45. The van der Waals surface area contributed by atoms with Gasteiger partial charge in [0.2, 0.25) is 11.8 Å². The second kappa shape index (κ2) is 6.43. The van der Waals surface area contributed by atoms with Crippen molar-refractivity contribution in [1.82, 2.24) is 0 Å². The van der Waals surface area contributed by atoms with E-state index in [9.17, 15) is 14.0 Å². The molecule has 0 aliphatic heterocycles. The second-order valence-corrected chi connectivity index (χ2v) is 6.21. The molecule has 124 valence electrons. The summed E-state index contributed by atoms with van der Waals surface area (Å²) in [5.74, 6) is -1.75. The first kappa shape index (κ1) is 16.2. The van der Waals surface area contributed by atoms with Crippen molar-refractivity contribution in [1.29, 1.82) is 0 Å². The normalized spacial score (nSPS) is 18.8. The summed E-state index contributed by atoms with van der Waals surface area (Å²) in [7, 11) is 0. The van der Waals surface area contributed by atoms with Crippen LogP contribution in [0.5, 0.6) is 0 Å². The van der Waals surface area contributed by atoms with E-state index in [1.54, 1.807) is 12.1 Å². The van der Waals surface area contributed by atoms with Crippen LogP contribution in [0.15, 0.2) is 42.5 Å². The lowest BCUT2D eigenvalue weighted by molar-refractivity contribution is -0.122. The van der Waals surface area contributed by atoms with E-state index >= 15 is 0 Å². The molecule has 2 aromatic rings. The van der Waals surface area contributed by atoms with Gasteiger partial charge in [0.1, 0.15) is 5.82 Å². The number of hydrogen-bond acceptors (Lipinski definition) is 2. The molecular weight excluding hydrogens is 307 g/mol. The zero-order valence-electron chi connectivity index (χ0n) is 13.6. The number of rotatable bonds is 4. The fourth-order valence-electron chi connectivity index (χ4n) is 2.62. The summed E-state index contributed by atoms with van der Waals surface area (Å²) in [5, 5.41) is 5.38. The molecule has 2 N–H and O–H groups in total. The molecular formula is C19H19FN2O2. The number of halogens is 1. The largest absolute Gasteiger partial charge is 0.326 e. The molecule has 24 heavy (non-hydrogen) atoms. The number of benzene rings is 2. The monoisotopic (exact) mass is 326 g/mol. The van der Waals surface area contributed by atoms with Gasteiger partial charge in [0.25, 0.3) is 0 Å². The van der Waals surface area contributed by atoms with Crippen molar-refractivity contribution in [2.75, 3.05) is 10.6 Å². The van der Waals surface area contributed by atoms with Crippen molar-refractivity contribution in [3.05, 3.63) is 59.4 Å². The number of carbonyl (C=O) groups excluding carboxylic acids is 2. The van der Waals surface area contributed by atoms with Gasteiger partial charge in [0.05, 0.1) is 17.5 Å². The highest BCUT2D eigenvalue weighted by atomic mass is 19.1. The van der Waals surface area contributed by atoms with Crippen LogP contribution in [0.4, 0.5) is 15.8 Å². The molecule has 0 saturated heterocycles. The molecule has 0 radical (unpaired) electrons. The van der Waals surface area contributed by atoms with Crippen LogP contribution in [0.25, 0.3) is 0 Å². The van der Waals surface area contributed by atoms with Gasteiger partial charge >= 0.3 is 0 Å². The highest BCUT2D eigenvalue weighted by Gasteiger charge is 2.48. The Hall–Kier alpha value is -2.69. The maximum atomic E-state index is 13.6. The van der Waals surface area contributed by atoms with Crippen molar-refractivity contribution in [3.8, 4) is 0 Å². The van der Waals surface area contributed by atoms with Crippen molar-refractivity contribution in [2.24, 2.45) is 11.8 Å². The lowest BCUT2D eigenvalue weighted by Crippen LogP contribution is -2.21. The van der Waals surface area contributed by atoms with Gasteiger partial charge < -0.3 is 10.6 Å². The first-order valence-electron chi connectivity index (χ1n) is 7.89. The quantitative estimate of drug-likeness (QED) is 0.901. The summed E-state index contributed by atoms with van der Waals surface area (Å²) in [6.45, 7) is 3.98. The molecule has 0 heterocycles. The second-order valence-electron chi connectivity index (χ2n) is 6.21. The fraction of sp³-hybridized carbons (Fsp3) is 0.263. The van der Waals surface area contributed by atoms with E-state index in [0.717, 1.165) is 16.8 Å². The van der Waals surface area contributed by atoms with Gasteiger partial charge in [-0.25, -0.2) is 4.39 Å². The molecule has 1 saturated carbocycles. The van der Waals surface area contributed by atoms with Crippen LogP contribution in [0.1, 0.15) is 17.5 Å². The minimum atomic E-state index is -0.484. The summed E-state index contributed by atoms with van der Waals surface area (Å²) in [4.78, 5) is 24.4. The van der Waals surface area contributed by atoms with Crippen molar-refractivity contribution >= 4 is 23.2 Å². The van der Waals surface area contributed by atoms with Gasteiger partial charge in [-0.1, -0.05) is 18.2 Å². The van der Waals surface area contributed by atoms with Crippen LogP contribution in [0.2, 0.25) is 0 Å². The van der Waals surface area contributed by atoms with Crippen LogP contribution in [-0.2, 0) is 9.59 Å². The van der Waals surface area contributed by atoms with Gasteiger partial charge in [-0.15, -0.1) is 0 Å². The Kier molecular flexibility index (Phi) is 4.34. The molecule has 3 rings (SSSR count). The summed E-state index contributed by atoms with van der Waals surface area (Å²) >= 11 is 0. The average molecular weight is 326 g/mol. The van der Waals surface area contributed by atoms with E-state index in [-0.39, 0.29) is 23.4 Å². The molecule has 2 amide bonds. The Labute approximate surface area is 140 Å². The van der Waals surface area contributed by atoms with E-state index in [2.05, 4.69) is 10.6 Å². The van der Waals surface area contributed by atoms with Crippen molar-refractivity contribution in [2.45, 2.75) is 20.3 Å². The Balaban J connectivity index is 1.58. The van der Waals surface area contributed by atoms with Gasteiger partial charge in [-0.05, 0) is 55.7 Å². The molecule has 2 aromatic carbocycles. The lowest BCUT2D eigenvalue weighted by atomic mass is 10.1. The van der Waals surface area contributed by atoms with Gasteiger partial charge in [0, 0.05) is 5.69 Å². The lowest BCUT2D eigenvalue weighted by Gasteiger charge is -2.08. The number of anilines is 2.